The van der Waals surface area contributed by atoms with Crippen molar-refractivity contribution in [2.75, 3.05) is 0 Å². The van der Waals surface area contributed by atoms with Crippen LogP contribution in [0.3, 0.4) is 0 Å². The van der Waals surface area contributed by atoms with Gasteiger partial charge in [0, 0.05) is 16.7 Å². The first kappa shape index (κ1) is 24.0. The van der Waals surface area contributed by atoms with Gasteiger partial charge in [0.25, 0.3) is 5.70 Å². The second-order valence-electron chi connectivity index (χ2n) is 8.22. The van der Waals surface area contributed by atoms with Gasteiger partial charge in [-0.15, -0.1) is 0 Å². The summed E-state index contributed by atoms with van der Waals surface area (Å²) in [6.07, 6.45) is 0. The van der Waals surface area contributed by atoms with E-state index in [2.05, 4.69) is 9.69 Å². The first-order chi connectivity index (χ1) is 18.3. The van der Waals surface area contributed by atoms with Crippen LogP contribution >= 0.6 is 0 Å². The molecule has 4 aromatic rings. The smallest absolute Gasteiger partial charge is 0.237 e. The minimum absolute atomic E-state index is 0.0779. The van der Waals surface area contributed by atoms with E-state index in [1.54, 1.807) is 6.07 Å². The summed E-state index contributed by atoms with van der Waals surface area (Å²) < 4.78 is 58.9. The molecule has 0 fully saturated rings. The van der Waals surface area contributed by atoms with Crippen LogP contribution in [0.1, 0.15) is 16.7 Å². The van der Waals surface area contributed by atoms with Gasteiger partial charge < -0.3 is 0 Å². The molecule has 0 saturated carbocycles. The number of fused-ring (bicyclic) bond motifs is 3. The average Bonchev–Trinajstić information content (AvgIpc) is 3.20. The highest BCUT2D eigenvalue weighted by molar-refractivity contribution is 6.07. The maximum atomic E-state index is 14.7. The van der Waals surface area contributed by atoms with Crippen molar-refractivity contribution in [3.8, 4) is 45.5 Å². The van der Waals surface area contributed by atoms with Gasteiger partial charge in [0.15, 0.2) is 5.69 Å². The Kier molecular flexibility index (Phi) is 5.73. The largest absolute Gasteiger partial charge is 0.270 e. The lowest BCUT2D eigenvalue weighted by molar-refractivity contribution is 0.589. The number of nitriles is 2. The van der Waals surface area contributed by atoms with Crippen LogP contribution in [0.5, 0.6) is 0 Å². The Morgan fingerprint density at radius 2 is 1.16 bits per heavy atom. The van der Waals surface area contributed by atoms with Gasteiger partial charge in [-0.1, -0.05) is 18.2 Å². The maximum Gasteiger partial charge on any atom is 0.270 e. The third kappa shape index (κ3) is 3.49. The highest BCUT2D eigenvalue weighted by atomic mass is 19.1. The number of allylic oxidation sites excluding steroid dienone is 1. The highest BCUT2D eigenvalue weighted by Gasteiger charge is 2.31. The van der Waals surface area contributed by atoms with Gasteiger partial charge in [-0.25, -0.2) is 32.5 Å². The number of benzene rings is 4. The zero-order valence-corrected chi connectivity index (χ0v) is 19.1. The maximum absolute atomic E-state index is 14.7. The topological polar surface area (TPSA) is 56.3 Å². The molecule has 0 saturated heterocycles. The molecule has 0 unspecified atom stereocenters. The lowest BCUT2D eigenvalue weighted by atomic mass is 9.92. The van der Waals surface area contributed by atoms with Crippen molar-refractivity contribution in [2.24, 2.45) is 0 Å². The van der Waals surface area contributed by atoms with E-state index >= 15 is 0 Å². The lowest BCUT2D eigenvalue weighted by Crippen LogP contribution is -1.95. The first-order valence-corrected chi connectivity index (χ1v) is 10.9. The molecule has 0 amide bonds. The van der Waals surface area contributed by atoms with Crippen LogP contribution in [0, 0.1) is 59.1 Å². The standard InChI is InChI=1S/C30H10F4N4/c1-37-26-12-20-18(11-21(26)30-24(33)7-4-8-25(30)34)17-10-16(29-22(31)5-3-6-23(29)32)15(13-35)9-19(17)28(20)27(14-36)38-2/h3-12H/b28-27-. The molecule has 1 aliphatic rings. The zero-order chi connectivity index (χ0) is 27.1. The number of rotatable bonds is 2. The molecule has 0 bridgehead atoms. The van der Waals surface area contributed by atoms with Crippen LogP contribution in [-0.2, 0) is 0 Å². The molecule has 0 spiro atoms. The Morgan fingerprint density at radius 3 is 1.63 bits per heavy atom. The Balaban J connectivity index is 1.94. The van der Waals surface area contributed by atoms with Gasteiger partial charge >= 0.3 is 0 Å². The second-order valence-corrected chi connectivity index (χ2v) is 8.22. The summed E-state index contributed by atoms with van der Waals surface area (Å²) >= 11 is 0. The molecule has 0 N–H and O–H groups in total. The van der Waals surface area contributed by atoms with Crippen molar-refractivity contribution in [3.05, 3.63) is 129 Å². The molecule has 8 heteroatoms. The molecular formula is C30H10F4N4. The molecule has 4 aromatic carbocycles. The molecule has 0 radical (unpaired) electrons. The summed E-state index contributed by atoms with van der Waals surface area (Å²) in [5.74, 6) is -3.63. The van der Waals surface area contributed by atoms with Crippen LogP contribution in [-0.4, -0.2) is 0 Å². The van der Waals surface area contributed by atoms with Gasteiger partial charge in [0.1, 0.15) is 23.3 Å². The zero-order valence-electron chi connectivity index (χ0n) is 19.1. The summed E-state index contributed by atoms with van der Waals surface area (Å²) in [6, 6.07) is 15.6. The Bertz CT molecular complexity index is 1730. The third-order valence-corrected chi connectivity index (χ3v) is 6.28. The molecule has 4 nitrogen and oxygen atoms in total. The van der Waals surface area contributed by atoms with Crippen molar-refractivity contribution in [3.63, 3.8) is 0 Å². The Hall–Kier alpha value is -5.70. The molecular weight excluding hydrogens is 492 g/mol. The first-order valence-electron chi connectivity index (χ1n) is 10.9. The van der Waals surface area contributed by atoms with Crippen LogP contribution in [0.15, 0.2) is 66.4 Å². The quantitative estimate of drug-likeness (QED) is 0.139. The molecule has 5 rings (SSSR count). The molecule has 38 heavy (non-hydrogen) atoms. The van der Waals surface area contributed by atoms with E-state index in [1.807, 2.05) is 6.07 Å². The van der Waals surface area contributed by atoms with Gasteiger partial charge in [-0.05, 0) is 70.3 Å². The fourth-order valence-electron chi connectivity index (χ4n) is 4.69. The van der Waals surface area contributed by atoms with Gasteiger partial charge in [0.2, 0.25) is 0 Å². The van der Waals surface area contributed by atoms with Gasteiger partial charge in [-0.3, -0.25) is 0 Å². The number of nitrogens with zero attached hydrogens (tertiary/aromatic N) is 4. The summed E-state index contributed by atoms with van der Waals surface area (Å²) in [6.45, 7) is 15.1. The van der Waals surface area contributed by atoms with E-state index < -0.39 is 34.4 Å². The molecule has 0 aromatic heterocycles. The fraction of sp³-hybridized carbons (Fsp3) is 0. The molecule has 0 aliphatic heterocycles. The van der Waals surface area contributed by atoms with Crippen LogP contribution < -0.4 is 0 Å². The van der Waals surface area contributed by atoms with Crippen molar-refractivity contribution < 1.29 is 17.6 Å². The SMILES string of the molecule is [C-]#[N+]/C(C#N)=C1/c2cc(C#N)c(-c3c(F)cccc3F)cc2-c2cc(-c3c(F)cccc3F)c([N+]#[C-])cc21. The summed E-state index contributed by atoms with van der Waals surface area (Å²) in [5, 5.41) is 19.5. The van der Waals surface area contributed by atoms with Crippen molar-refractivity contribution in [1.82, 2.24) is 0 Å². The normalized spacial score (nSPS) is 12.4. The minimum atomic E-state index is -0.910. The summed E-state index contributed by atoms with van der Waals surface area (Å²) in [5.41, 5.74) is -0.511. The molecule has 0 heterocycles. The minimum Gasteiger partial charge on any atom is -0.237 e. The van der Waals surface area contributed by atoms with Crippen molar-refractivity contribution >= 4 is 11.3 Å². The van der Waals surface area contributed by atoms with Crippen LogP contribution in [0.4, 0.5) is 23.2 Å². The fourth-order valence-corrected chi connectivity index (χ4v) is 4.69. The number of hydrogen-bond donors (Lipinski definition) is 0. The molecule has 178 valence electrons. The predicted octanol–water partition coefficient (Wildman–Crippen LogP) is 8.18. The molecule has 0 atom stereocenters. The number of halogens is 4. The highest BCUT2D eigenvalue weighted by Crippen LogP contribution is 2.52. The molecule has 1 aliphatic carbocycles. The Morgan fingerprint density at radius 1 is 0.658 bits per heavy atom. The third-order valence-electron chi connectivity index (χ3n) is 6.28. The van der Waals surface area contributed by atoms with Gasteiger partial charge in [-0.2, -0.15) is 5.26 Å². The van der Waals surface area contributed by atoms with Crippen molar-refractivity contribution in [1.29, 1.82) is 10.5 Å². The van der Waals surface area contributed by atoms with E-state index in [1.165, 1.54) is 36.4 Å². The van der Waals surface area contributed by atoms with Crippen molar-refractivity contribution in [2.45, 2.75) is 0 Å². The predicted molar refractivity (Wildman–Crippen MR) is 132 cm³/mol. The van der Waals surface area contributed by atoms with E-state index in [0.29, 0.717) is 0 Å². The van der Waals surface area contributed by atoms with Crippen LogP contribution in [0.2, 0.25) is 0 Å². The van der Waals surface area contributed by atoms with E-state index in [9.17, 15) is 28.1 Å². The monoisotopic (exact) mass is 502 g/mol. The lowest BCUT2D eigenvalue weighted by Gasteiger charge is -2.12. The van der Waals surface area contributed by atoms with E-state index in [0.717, 1.165) is 24.3 Å². The number of hydrogen-bond acceptors (Lipinski definition) is 2. The summed E-state index contributed by atoms with van der Waals surface area (Å²) in [7, 11) is 0. The van der Waals surface area contributed by atoms with Crippen LogP contribution in [0.25, 0.3) is 48.6 Å². The van der Waals surface area contributed by atoms with Gasteiger partial charge in [0.05, 0.1) is 36.4 Å². The van der Waals surface area contributed by atoms with E-state index in [-0.39, 0.29) is 55.9 Å². The van der Waals surface area contributed by atoms with E-state index in [4.69, 9.17) is 13.1 Å². The average molecular weight is 502 g/mol. The second kappa shape index (κ2) is 9.07. The summed E-state index contributed by atoms with van der Waals surface area (Å²) in [4.78, 5) is 6.70. The Labute approximate surface area is 214 Å².